The van der Waals surface area contributed by atoms with Crippen molar-refractivity contribution in [3.63, 3.8) is 0 Å². The number of alkyl halides is 2. The molecule has 1 aromatic rings. The van der Waals surface area contributed by atoms with E-state index in [2.05, 4.69) is 25.4 Å². The van der Waals surface area contributed by atoms with Gasteiger partial charge in [0.05, 0.1) is 6.10 Å². The predicted octanol–water partition coefficient (Wildman–Crippen LogP) is 2.82. The highest BCUT2D eigenvalue weighted by molar-refractivity contribution is 9.10. The second kappa shape index (κ2) is 3.31. The van der Waals surface area contributed by atoms with Gasteiger partial charge >= 0.3 is 6.29 Å². The fourth-order valence-corrected chi connectivity index (χ4v) is 2.04. The zero-order chi connectivity index (χ0) is 11.2. The Bertz CT molecular complexity index is 407. The molecule has 15 heavy (non-hydrogen) atoms. The molecule has 0 amide bonds. The Kier molecular flexibility index (Phi) is 2.35. The molecule has 1 N–H and O–H groups in total. The Morgan fingerprint density at radius 3 is 2.67 bits per heavy atom. The molecule has 0 saturated carbocycles. The first-order chi connectivity index (χ1) is 6.91. The van der Waals surface area contributed by atoms with Crippen LogP contribution in [0.3, 0.4) is 0 Å². The van der Waals surface area contributed by atoms with E-state index < -0.39 is 12.4 Å². The summed E-state index contributed by atoms with van der Waals surface area (Å²) in [5.74, 6) is -0.191. The number of rotatable bonds is 1. The lowest BCUT2D eigenvalue weighted by atomic mass is 10.1. The highest BCUT2D eigenvalue weighted by Crippen LogP contribution is 2.47. The first kappa shape index (κ1) is 10.6. The zero-order valence-electron chi connectivity index (χ0n) is 7.63. The van der Waals surface area contributed by atoms with Crippen molar-refractivity contribution in [1.29, 1.82) is 0 Å². The first-order valence-electron chi connectivity index (χ1n) is 4.17. The number of aliphatic hydroxyl groups is 1. The third kappa shape index (κ3) is 1.79. The van der Waals surface area contributed by atoms with Crippen molar-refractivity contribution in [2.75, 3.05) is 0 Å². The third-order valence-electron chi connectivity index (χ3n) is 1.97. The summed E-state index contributed by atoms with van der Waals surface area (Å²) in [6, 6.07) is 2.87. The largest absolute Gasteiger partial charge is 0.586 e. The van der Waals surface area contributed by atoms with Gasteiger partial charge in [-0.3, -0.25) is 0 Å². The van der Waals surface area contributed by atoms with Crippen LogP contribution in [0.5, 0.6) is 11.5 Å². The Hall–Kier alpha value is -0.880. The molecule has 1 heterocycles. The van der Waals surface area contributed by atoms with Gasteiger partial charge in [0.15, 0.2) is 11.5 Å². The molecule has 1 aliphatic rings. The van der Waals surface area contributed by atoms with E-state index in [1.165, 1.54) is 19.1 Å². The number of benzene rings is 1. The van der Waals surface area contributed by atoms with Gasteiger partial charge in [0, 0.05) is 10.0 Å². The van der Waals surface area contributed by atoms with Crippen molar-refractivity contribution in [3.05, 3.63) is 22.2 Å². The van der Waals surface area contributed by atoms with Crippen LogP contribution in [-0.2, 0) is 0 Å². The summed E-state index contributed by atoms with van der Waals surface area (Å²) >= 11 is 3.15. The van der Waals surface area contributed by atoms with Gasteiger partial charge in [-0.25, -0.2) is 0 Å². The highest BCUT2D eigenvalue weighted by atomic mass is 79.9. The van der Waals surface area contributed by atoms with Gasteiger partial charge in [-0.05, 0) is 19.1 Å². The maximum absolute atomic E-state index is 12.8. The fourth-order valence-electron chi connectivity index (χ4n) is 1.40. The van der Waals surface area contributed by atoms with E-state index in [4.69, 9.17) is 0 Å². The Morgan fingerprint density at radius 2 is 2.07 bits per heavy atom. The number of aliphatic hydroxyl groups excluding tert-OH is 1. The van der Waals surface area contributed by atoms with Crippen LogP contribution >= 0.6 is 15.9 Å². The van der Waals surface area contributed by atoms with Gasteiger partial charge in [-0.15, -0.1) is 8.78 Å². The van der Waals surface area contributed by atoms with Crippen molar-refractivity contribution in [3.8, 4) is 11.5 Å². The number of halogens is 3. The number of fused-ring (bicyclic) bond motifs is 1. The molecule has 0 saturated heterocycles. The third-order valence-corrected chi connectivity index (χ3v) is 2.67. The monoisotopic (exact) mass is 280 g/mol. The van der Waals surface area contributed by atoms with Gasteiger partial charge < -0.3 is 14.6 Å². The quantitative estimate of drug-likeness (QED) is 0.860. The molecule has 0 aliphatic carbocycles. The van der Waals surface area contributed by atoms with Gasteiger partial charge in [-0.1, -0.05) is 15.9 Å². The standard InChI is InChI=1S/C9H7BrF2O3/c1-4(13)7-5(10)2-3-6-8(7)15-9(11,12)14-6/h2-4,13H,1H3. The molecule has 0 radical (unpaired) electrons. The Balaban J connectivity index is 2.55. The van der Waals surface area contributed by atoms with Gasteiger partial charge in [0.1, 0.15) is 0 Å². The van der Waals surface area contributed by atoms with Crippen LogP contribution < -0.4 is 9.47 Å². The summed E-state index contributed by atoms with van der Waals surface area (Å²) in [4.78, 5) is 0. The molecular weight excluding hydrogens is 274 g/mol. The number of ether oxygens (including phenoxy) is 2. The summed E-state index contributed by atoms with van der Waals surface area (Å²) in [6.45, 7) is 1.46. The first-order valence-corrected chi connectivity index (χ1v) is 4.96. The Labute approximate surface area is 92.7 Å². The number of hydrogen-bond donors (Lipinski definition) is 1. The fraction of sp³-hybridized carbons (Fsp3) is 0.333. The van der Waals surface area contributed by atoms with Gasteiger partial charge in [0.25, 0.3) is 0 Å². The van der Waals surface area contributed by atoms with Crippen LogP contribution in [0.1, 0.15) is 18.6 Å². The van der Waals surface area contributed by atoms with Crippen molar-refractivity contribution in [1.82, 2.24) is 0 Å². The lowest BCUT2D eigenvalue weighted by Gasteiger charge is -2.10. The Morgan fingerprint density at radius 1 is 1.40 bits per heavy atom. The van der Waals surface area contributed by atoms with Gasteiger partial charge in [0.2, 0.25) is 0 Å². The maximum Gasteiger partial charge on any atom is 0.586 e. The van der Waals surface area contributed by atoms with E-state index >= 15 is 0 Å². The minimum Gasteiger partial charge on any atom is -0.395 e. The molecule has 3 nitrogen and oxygen atoms in total. The zero-order valence-corrected chi connectivity index (χ0v) is 9.22. The topological polar surface area (TPSA) is 38.7 Å². The molecule has 1 aliphatic heterocycles. The van der Waals surface area contributed by atoms with E-state index in [1.807, 2.05) is 0 Å². The second-order valence-electron chi connectivity index (χ2n) is 3.13. The molecule has 0 aromatic heterocycles. The summed E-state index contributed by atoms with van der Waals surface area (Å²) in [6.07, 6.45) is -4.58. The van der Waals surface area contributed by atoms with E-state index in [9.17, 15) is 13.9 Å². The van der Waals surface area contributed by atoms with E-state index in [1.54, 1.807) is 0 Å². The minimum atomic E-state index is -3.66. The van der Waals surface area contributed by atoms with Crippen LogP contribution in [0.2, 0.25) is 0 Å². The van der Waals surface area contributed by atoms with Crippen LogP contribution in [0.4, 0.5) is 8.78 Å². The van der Waals surface area contributed by atoms with Gasteiger partial charge in [-0.2, -0.15) is 0 Å². The van der Waals surface area contributed by atoms with Crippen LogP contribution in [0, 0.1) is 0 Å². The molecular formula is C9H7BrF2O3. The molecule has 2 rings (SSSR count). The minimum absolute atomic E-state index is 0.0703. The van der Waals surface area contributed by atoms with Crippen molar-refractivity contribution in [2.24, 2.45) is 0 Å². The SMILES string of the molecule is CC(O)c1c(Br)ccc2c1OC(F)(F)O2. The lowest BCUT2D eigenvalue weighted by molar-refractivity contribution is -0.287. The smallest absolute Gasteiger partial charge is 0.395 e. The normalized spacial score (nSPS) is 19.0. The maximum atomic E-state index is 12.8. The lowest BCUT2D eigenvalue weighted by Crippen LogP contribution is -2.26. The molecule has 1 aromatic carbocycles. The van der Waals surface area contributed by atoms with Crippen molar-refractivity contribution >= 4 is 15.9 Å². The molecule has 6 heteroatoms. The number of hydrogen-bond acceptors (Lipinski definition) is 3. The van der Waals surface area contributed by atoms with E-state index in [-0.39, 0.29) is 17.1 Å². The molecule has 1 atom stereocenters. The van der Waals surface area contributed by atoms with Crippen LogP contribution in [0.15, 0.2) is 16.6 Å². The van der Waals surface area contributed by atoms with Crippen LogP contribution in [0.25, 0.3) is 0 Å². The van der Waals surface area contributed by atoms with Crippen LogP contribution in [-0.4, -0.2) is 11.4 Å². The van der Waals surface area contributed by atoms with E-state index in [0.29, 0.717) is 4.47 Å². The van der Waals surface area contributed by atoms with Crippen molar-refractivity contribution in [2.45, 2.75) is 19.3 Å². The average Bonchev–Trinajstić information content (AvgIpc) is 2.37. The molecule has 82 valence electrons. The highest BCUT2D eigenvalue weighted by Gasteiger charge is 2.45. The average molecular weight is 281 g/mol. The predicted molar refractivity (Wildman–Crippen MR) is 51.0 cm³/mol. The molecule has 0 bridgehead atoms. The summed E-state index contributed by atoms with van der Waals surface area (Å²) in [5.41, 5.74) is 0.254. The van der Waals surface area contributed by atoms with Crippen molar-refractivity contribution < 1.29 is 23.4 Å². The molecule has 1 unspecified atom stereocenters. The summed E-state index contributed by atoms with van der Waals surface area (Å²) < 4.78 is 34.6. The summed E-state index contributed by atoms with van der Waals surface area (Å²) in [7, 11) is 0. The summed E-state index contributed by atoms with van der Waals surface area (Å²) in [5, 5.41) is 9.43. The van der Waals surface area contributed by atoms with E-state index in [0.717, 1.165) is 0 Å². The second-order valence-corrected chi connectivity index (χ2v) is 3.99. The molecule has 0 spiro atoms. The molecule has 0 fully saturated rings.